The van der Waals surface area contributed by atoms with Crippen LogP contribution in [0, 0.1) is 0 Å². The number of sulfonamides is 1. The first-order valence-corrected chi connectivity index (χ1v) is 6.74. The first kappa shape index (κ1) is 14.3. The van der Waals surface area contributed by atoms with Crippen LogP contribution in [0.4, 0.5) is 19.1 Å². The average molecular weight is 303 g/mol. The number of benzene rings is 1. The fourth-order valence-electron chi connectivity index (χ4n) is 1.31. The highest BCUT2D eigenvalue weighted by Gasteiger charge is 2.31. The van der Waals surface area contributed by atoms with Crippen molar-refractivity contribution in [2.45, 2.75) is 11.1 Å². The molecule has 0 spiro atoms. The smallest absolute Gasteiger partial charge is 0.247 e. The van der Waals surface area contributed by atoms with Gasteiger partial charge in [-0.1, -0.05) is 18.2 Å². The topological polar surface area (TPSA) is 72.0 Å². The highest BCUT2D eigenvalue weighted by molar-refractivity contribution is 7.92. The second kappa shape index (κ2) is 5.08. The molecule has 0 unspecified atom stereocenters. The van der Waals surface area contributed by atoms with E-state index < -0.39 is 27.7 Å². The zero-order valence-corrected chi connectivity index (χ0v) is 10.6. The zero-order valence-electron chi connectivity index (χ0n) is 9.79. The van der Waals surface area contributed by atoms with E-state index in [-0.39, 0.29) is 4.90 Å². The van der Waals surface area contributed by atoms with Crippen molar-refractivity contribution < 1.29 is 21.6 Å². The Morgan fingerprint density at radius 1 is 1.00 bits per heavy atom. The van der Waals surface area contributed by atoms with Gasteiger partial charge in [-0.3, -0.25) is 0 Å². The summed E-state index contributed by atoms with van der Waals surface area (Å²) in [5.74, 6) is -0.429. The van der Waals surface area contributed by atoms with Gasteiger partial charge in [0.1, 0.15) is 0 Å². The van der Waals surface area contributed by atoms with Crippen LogP contribution in [0.5, 0.6) is 0 Å². The number of aromatic nitrogens is 2. The molecular weight excluding hydrogens is 295 g/mol. The average Bonchev–Trinajstić information content (AvgIpc) is 2.39. The van der Waals surface area contributed by atoms with E-state index in [1.807, 2.05) is 4.72 Å². The minimum atomic E-state index is -4.57. The van der Waals surface area contributed by atoms with E-state index >= 15 is 0 Å². The molecule has 0 amide bonds. The molecule has 1 aromatic heterocycles. The van der Waals surface area contributed by atoms with Gasteiger partial charge in [0.25, 0.3) is 10.0 Å². The van der Waals surface area contributed by atoms with E-state index in [0.717, 1.165) is 0 Å². The van der Waals surface area contributed by atoms with Crippen molar-refractivity contribution in [1.29, 1.82) is 0 Å². The molecule has 1 aromatic carbocycles. The number of hydrogen-bond donors (Lipinski definition) is 1. The fourth-order valence-corrected chi connectivity index (χ4v) is 2.28. The number of halogens is 3. The summed E-state index contributed by atoms with van der Waals surface area (Å²) >= 11 is 0. The highest BCUT2D eigenvalue weighted by atomic mass is 32.2. The van der Waals surface area contributed by atoms with Gasteiger partial charge in [0, 0.05) is 12.4 Å². The molecular formula is C11H8F3N3O2S. The first-order chi connectivity index (χ1) is 9.29. The van der Waals surface area contributed by atoms with Gasteiger partial charge in [-0.15, -0.1) is 0 Å². The van der Waals surface area contributed by atoms with E-state index in [2.05, 4.69) is 9.97 Å². The Morgan fingerprint density at radius 2 is 1.55 bits per heavy atom. The van der Waals surface area contributed by atoms with E-state index in [0.29, 0.717) is 12.4 Å². The predicted octanol–water partition coefficient (Wildman–Crippen LogP) is 2.30. The zero-order chi connectivity index (χ0) is 14.8. The molecule has 0 radical (unpaired) electrons. The lowest BCUT2D eigenvalue weighted by Gasteiger charge is -2.08. The molecule has 0 saturated carbocycles. The number of rotatable bonds is 3. The number of hydrogen-bond acceptors (Lipinski definition) is 4. The summed E-state index contributed by atoms with van der Waals surface area (Å²) in [5.41, 5.74) is -1.06. The maximum Gasteiger partial charge on any atom is 0.419 e. The fraction of sp³-hybridized carbons (Fsp3) is 0.0909. The summed E-state index contributed by atoms with van der Waals surface area (Å²) in [4.78, 5) is 6.63. The van der Waals surface area contributed by atoms with E-state index in [4.69, 9.17) is 0 Å². The minimum Gasteiger partial charge on any atom is -0.247 e. The molecule has 9 heteroatoms. The number of anilines is 1. The van der Waals surface area contributed by atoms with Crippen LogP contribution in [0.2, 0.25) is 0 Å². The van der Waals surface area contributed by atoms with Crippen molar-refractivity contribution in [3.63, 3.8) is 0 Å². The molecule has 5 nitrogen and oxygen atoms in total. The Labute approximate surface area is 112 Å². The van der Waals surface area contributed by atoms with Crippen molar-refractivity contribution in [2.75, 3.05) is 4.72 Å². The summed E-state index contributed by atoms with van der Waals surface area (Å²) in [6, 6.07) is 7.34. The second-order valence-corrected chi connectivity index (χ2v) is 5.39. The van der Waals surface area contributed by atoms with Crippen LogP contribution in [0.3, 0.4) is 0 Å². The summed E-state index contributed by atoms with van der Waals surface area (Å²) in [6.07, 6.45) is -3.55. The SMILES string of the molecule is O=S(=O)(Nc1ncc(C(F)(F)F)cn1)c1ccccc1. The van der Waals surface area contributed by atoms with Crippen LogP contribution in [0.1, 0.15) is 5.56 Å². The molecule has 0 saturated heterocycles. The molecule has 0 atom stereocenters. The van der Waals surface area contributed by atoms with Gasteiger partial charge in [0.2, 0.25) is 5.95 Å². The largest absolute Gasteiger partial charge is 0.419 e. The number of nitrogens with zero attached hydrogens (tertiary/aromatic N) is 2. The molecule has 0 aliphatic heterocycles. The Kier molecular flexibility index (Phi) is 3.62. The Bertz CT molecular complexity index is 685. The van der Waals surface area contributed by atoms with E-state index in [9.17, 15) is 21.6 Å². The quantitative estimate of drug-likeness (QED) is 0.944. The van der Waals surface area contributed by atoms with Gasteiger partial charge in [-0.2, -0.15) is 13.2 Å². The Morgan fingerprint density at radius 3 is 2.05 bits per heavy atom. The van der Waals surface area contributed by atoms with Crippen LogP contribution in [0.15, 0.2) is 47.6 Å². The van der Waals surface area contributed by atoms with Gasteiger partial charge >= 0.3 is 6.18 Å². The molecule has 2 rings (SSSR count). The monoisotopic (exact) mass is 303 g/mol. The molecule has 0 aliphatic carbocycles. The van der Waals surface area contributed by atoms with Crippen LogP contribution in [-0.2, 0) is 16.2 Å². The molecule has 0 fully saturated rings. The third-order valence-electron chi connectivity index (χ3n) is 2.26. The maximum absolute atomic E-state index is 12.3. The van der Waals surface area contributed by atoms with Crippen molar-refractivity contribution in [2.24, 2.45) is 0 Å². The standard InChI is InChI=1S/C11H8F3N3O2S/c12-11(13,14)8-6-15-10(16-7-8)17-20(18,19)9-4-2-1-3-5-9/h1-7H,(H,15,16,17). The molecule has 20 heavy (non-hydrogen) atoms. The van der Waals surface area contributed by atoms with E-state index in [1.54, 1.807) is 6.07 Å². The predicted molar refractivity (Wildman–Crippen MR) is 64.3 cm³/mol. The maximum atomic E-state index is 12.3. The number of alkyl halides is 3. The first-order valence-electron chi connectivity index (χ1n) is 5.26. The van der Waals surface area contributed by atoms with Crippen LogP contribution < -0.4 is 4.72 Å². The lowest BCUT2D eigenvalue weighted by atomic mass is 10.3. The molecule has 2 aromatic rings. The molecule has 1 heterocycles. The Hall–Kier alpha value is -2.16. The van der Waals surface area contributed by atoms with E-state index in [1.165, 1.54) is 24.3 Å². The highest BCUT2D eigenvalue weighted by Crippen LogP contribution is 2.28. The summed E-state index contributed by atoms with van der Waals surface area (Å²) in [5, 5.41) is 0. The van der Waals surface area contributed by atoms with Crippen molar-refractivity contribution in [1.82, 2.24) is 9.97 Å². The van der Waals surface area contributed by atoms with Crippen LogP contribution in [-0.4, -0.2) is 18.4 Å². The van der Waals surface area contributed by atoms with Gasteiger partial charge in [0.05, 0.1) is 10.5 Å². The minimum absolute atomic E-state index is 0.0384. The van der Waals surface area contributed by atoms with Crippen LogP contribution >= 0.6 is 0 Å². The van der Waals surface area contributed by atoms with Gasteiger partial charge < -0.3 is 0 Å². The molecule has 0 aliphatic rings. The van der Waals surface area contributed by atoms with Gasteiger partial charge in [-0.05, 0) is 12.1 Å². The van der Waals surface area contributed by atoms with Crippen molar-refractivity contribution >= 4 is 16.0 Å². The lowest BCUT2D eigenvalue weighted by molar-refractivity contribution is -0.138. The second-order valence-electron chi connectivity index (χ2n) is 3.71. The third-order valence-corrected chi connectivity index (χ3v) is 3.60. The third kappa shape index (κ3) is 3.23. The molecule has 1 N–H and O–H groups in total. The van der Waals surface area contributed by atoms with Crippen molar-refractivity contribution in [3.8, 4) is 0 Å². The normalized spacial score (nSPS) is 12.2. The lowest BCUT2D eigenvalue weighted by Crippen LogP contribution is -2.15. The summed E-state index contributed by atoms with van der Waals surface area (Å²) in [6.45, 7) is 0. The summed E-state index contributed by atoms with van der Waals surface area (Å²) in [7, 11) is -3.92. The van der Waals surface area contributed by atoms with Gasteiger partial charge in [-0.25, -0.2) is 23.1 Å². The van der Waals surface area contributed by atoms with Crippen molar-refractivity contribution in [3.05, 3.63) is 48.3 Å². The molecule has 0 bridgehead atoms. The Balaban J connectivity index is 2.23. The summed E-state index contributed by atoms with van der Waals surface area (Å²) < 4.78 is 62.6. The molecule has 106 valence electrons. The van der Waals surface area contributed by atoms with Crippen LogP contribution in [0.25, 0.3) is 0 Å². The van der Waals surface area contributed by atoms with Gasteiger partial charge in [0.15, 0.2) is 0 Å². The number of nitrogens with one attached hydrogen (secondary N) is 1.